The zero-order valence-corrected chi connectivity index (χ0v) is 9.68. The fourth-order valence-corrected chi connectivity index (χ4v) is 2.75. The van der Waals surface area contributed by atoms with E-state index in [2.05, 4.69) is 0 Å². The number of hydrogen-bond acceptors (Lipinski definition) is 4. The van der Waals surface area contributed by atoms with Crippen LogP contribution in [0.1, 0.15) is 4.88 Å². The summed E-state index contributed by atoms with van der Waals surface area (Å²) >= 11 is 7.23. The minimum Gasteiger partial charge on any atom is -0.379 e. The maximum Gasteiger partial charge on any atom is 0.145 e. The third-order valence-corrected chi connectivity index (χ3v) is 3.75. The van der Waals surface area contributed by atoms with Gasteiger partial charge in [0.25, 0.3) is 0 Å². The van der Waals surface area contributed by atoms with E-state index in [1.807, 2.05) is 6.07 Å². The lowest BCUT2D eigenvalue weighted by atomic mass is 9.97. The number of thiophene rings is 1. The van der Waals surface area contributed by atoms with E-state index in [4.69, 9.17) is 22.1 Å². The molecule has 2 heterocycles. The van der Waals surface area contributed by atoms with Crippen molar-refractivity contribution in [2.45, 2.75) is 12.5 Å². The van der Waals surface area contributed by atoms with Crippen LogP contribution in [-0.2, 0) is 16.0 Å². The Morgan fingerprint density at radius 3 is 2.93 bits per heavy atom. The van der Waals surface area contributed by atoms with Crippen LogP contribution in [0, 0.1) is 5.92 Å². The lowest BCUT2D eigenvalue weighted by molar-refractivity contribution is -0.122. The number of hydrogen-bond donors (Lipinski definition) is 1. The molecule has 1 saturated heterocycles. The smallest absolute Gasteiger partial charge is 0.145 e. The predicted octanol–water partition coefficient (Wildman–Crippen LogP) is 1.49. The van der Waals surface area contributed by atoms with E-state index in [9.17, 15) is 4.79 Å². The van der Waals surface area contributed by atoms with Gasteiger partial charge < -0.3 is 10.5 Å². The van der Waals surface area contributed by atoms with Gasteiger partial charge in [0.05, 0.1) is 23.5 Å². The van der Waals surface area contributed by atoms with Crippen molar-refractivity contribution in [3.8, 4) is 0 Å². The molecule has 15 heavy (non-hydrogen) atoms. The maximum atomic E-state index is 11.8. The largest absolute Gasteiger partial charge is 0.379 e. The van der Waals surface area contributed by atoms with Crippen molar-refractivity contribution in [3.63, 3.8) is 0 Å². The third kappa shape index (κ3) is 2.58. The molecule has 0 bridgehead atoms. The van der Waals surface area contributed by atoms with Gasteiger partial charge in [0.1, 0.15) is 5.78 Å². The Kier molecular flexibility index (Phi) is 3.41. The van der Waals surface area contributed by atoms with E-state index in [0.717, 1.165) is 4.88 Å². The number of halogens is 1. The summed E-state index contributed by atoms with van der Waals surface area (Å²) < 4.78 is 5.88. The normalized spacial score (nSPS) is 25.7. The fourth-order valence-electron chi connectivity index (χ4n) is 1.65. The topological polar surface area (TPSA) is 52.3 Å². The Morgan fingerprint density at radius 1 is 1.60 bits per heavy atom. The molecule has 5 heteroatoms. The molecule has 2 unspecified atom stereocenters. The van der Waals surface area contributed by atoms with Crippen LogP contribution in [0.5, 0.6) is 0 Å². The molecule has 0 saturated carbocycles. The number of carbonyl (C=O) groups excluding carboxylic acids is 1. The summed E-state index contributed by atoms with van der Waals surface area (Å²) in [7, 11) is 0. The number of ketones is 1. The molecule has 2 atom stereocenters. The standard InChI is InChI=1S/C10H12ClNO2S/c11-10-2-1-6(15-10)3-9(13)7-4-14-5-8(7)12/h1-2,7-8H,3-5,12H2. The fraction of sp³-hybridized carbons (Fsp3) is 0.500. The maximum absolute atomic E-state index is 11.8. The van der Waals surface area contributed by atoms with E-state index < -0.39 is 0 Å². The Morgan fingerprint density at radius 2 is 2.40 bits per heavy atom. The average Bonchev–Trinajstić information content (AvgIpc) is 2.75. The van der Waals surface area contributed by atoms with Gasteiger partial charge in [-0.25, -0.2) is 0 Å². The van der Waals surface area contributed by atoms with Crippen LogP contribution < -0.4 is 5.73 Å². The second-order valence-electron chi connectivity index (χ2n) is 3.66. The van der Waals surface area contributed by atoms with E-state index in [1.54, 1.807) is 6.07 Å². The van der Waals surface area contributed by atoms with Crippen molar-refractivity contribution in [1.29, 1.82) is 0 Å². The number of ether oxygens (including phenoxy) is 1. The highest BCUT2D eigenvalue weighted by atomic mass is 35.5. The first-order chi connectivity index (χ1) is 7.16. The van der Waals surface area contributed by atoms with Crippen molar-refractivity contribution in [3.05, 3.63) is 21.3 Å². The van der Waals surface area contributed by atoms with E-state index in [1.165, 1.54) is 11.3 Å². The lowest BCUT2D eigenvalue weighted by Gasteiger charge is -2.10. The summed E-state index contributed by atoms with van der Waals surface area (Å²) in [5.74, 6) is 0.00407. The van der Waals surface area contributed by atoms with Crippen molar-refractivity contribution < 1.29 is 9.53 Å². The summed E-state index contributed by atoms with van der Waals surface area (Å²) in [5, 5.41) is 0. The molecule has 2 N–H and O–H groups in total. The lowest BCUT2D eigenvalue weighted by Crippen LogP contribution is -2.34. The molecule has 0 aliphatic carbocycles. The first-order valence-corrected chi connectivity index (χ1v) is 5.96. The van der Waals surface area contributed by atoms with Crippen LogP contribution in [0.15, 0.2) is 12.1 Å². The predicted molar refractivity (Wildman–Crippen MR) is 60.3 cm³/mol. The number of Topliss-reactive ketones (excluding diaryl/α,β-unsaturated/α-hetero) is 1. The van der Waals surface area contributed by atoms with Gasteiger partial charge in [-0.05, 0) is 12.1 Å². The van der Waals surface area contributed by atoms with Crippen LogP contribution in [-0.4, -0.2) is 25.0 Å². The highest BCUT2D eigenvalue weighted by Crippen LogP contribution is 2.24. The van der Waals surface area contributed by atoms with Gasteiger partial charge in [0.15, 0.2) is 0 Å². The second kappa shape index (κ2) is 4.61. The molecule has 1 fully saturated rings. The zero-order chi connectivity index (χ0) is 10.8. The molecule has 0 radical (unpaired) electrons. The summed E-state index contributed by atoms with van der Waals surface area (Å²) in [4.78, 5) is 12.8. The molecule has 1 aliphatic rings. The van der Waals surface area contributed by atoms with Crippen LogP contribution in [0.2, 0.25) is 4.34 Å². The monoisotopic (exact) mass is 245 g/mol. The van der Waals surface area contributed by atoms with Gasteiger partial charge in [0, 0.05) is 17.3 Å². The van der Waals surface area contributed by atoms with E-state index in [0.29, 0.717) is 24.0 Å². The van der Waals surface area contributed by atoms with Crippen LogP contribution in [0.25, 0.3) is 0 Å². The SMILES string of the molecule is NC1COCC1C(=O)Cc1ccc(Cl)s1. The van der Waals surface area contributed by atoms with Gasteiger partial charge in [-0.15, -0.1) is 11.3 Å². The molecule has 2 rings (SSSR count). The summed E-state index contributed by atoms with van der Waals surface area (Å²) in [6.07, 6.45) is 0.416. The molecule has 3 nitrogen and oxygen atoms in total. The quantitative estimate of drug-likeness (QED) is 0.878. The van der Waals surface area contributed by atoms with Crippen molar-refractivity contribution in [2.75, 3.05) is 13.2 Å². The molecule has 82 valence electrons. The number of carbonyl (C=O) groups is 1. The molecule has 1 aromatic rings. The summed E-state index contributed by atoms with van der Waals surface area (Å²) in [6.45, 7) is 0.945. The number of nitrogens with two attached hydrogens (primary N) is 1. The van der Waals surface area contributed by atoms with Crippen LogP contribution >= 0.6 is 22.9 Å². The van der Waals surface area contributed by atoms with Crippen molar-refractivity contribution in [1.82, 2.24) is 0 Å². The van der Waals surface area contributed by atoms with Crippen molar-refractivity contribution >= 4 is 28.7 Å². The van der Waals surface area contributed by atoms with E-state index >= 15 is 0 Å². The minimum absolute atomic E-state index is 0.145. The second-order valence-corrected chi connectivity index (χ2v) is 5.46. The number of rotatable bonds is 3. The Labute approximate surface area is 97.2 Å². The molecular weight excluding hydrogens is 234 g/mol. The molecule has 0 amide bonds. The molecule has 1 aliphatic heterocycles. The van der Waals surface area contributed by atoms with Gasteiger partial charge in [0.2, 0.25) is 0 Å². The Bertz CT molecular complexity index is 366. The molecular formula is C10H12ClNO2S. The zero-order valence-electron chi connectivity index (χ0n) is 8.11. The highest BCUT2D eigenvalue weighted by molar-refractivity contribution is 7.16. The Balaban J connectivity index is 1.97. The van der Waals surface area contributed by atoms with Crippen LogP contribution in [0.4, 0.5) is 0 Å². The van der Waals surface area contributed by atoms with Crippen molar-refractivity contribution in [2.24, 2.45) is 11.7 Å². The van der Waals surface area contributed by atoms with E-state index in [-0.39, 0.29) is 17.7 Å². The van der Waals surface area contributed by atoms with Gasteiger partial charge in [-0.2, -0.15) is 0 Å². The molecule has 0 aromatic carbocycles. The first kappa shape index (κ1) is 11.1. The summed E-state index contributed by atoms with van der Waals surface area (Å²) in [5.41, 5.74) is 5.77. The molecule has 1 aromatic heterocycles. The van der Waals surface area contributed by atoms with Gasteiger partial charge >= 0.3 is 0 Å². The average molecular weight is 246 g/mol. The van der Waals surface area contributed by atoms with Gasteiger partial charge in [-0.3, -0.25) is 4.79 Å². The minimum atomic E-state index is -0.147. The first-order valence-electron chi connectivity index (χ1n) is 4.77. The third-order valence-electron chi connectivity index (χ3n) is 2.52. The summed E-state index contributed by atoms with van der Waals surface area (Å²) in [6, 6.07) is 3.54. The highest BCUT2D eigenvalue weighted by Gasteiger charge is 2.31. The Hall–Kier alpha value is -0.420. The molecule has 0 spiro atoms. The van der Waals surface area contributed by atoms with Crippen LogP contribution in [0.3, 0.4) is 0 Å². The van der Waals surface area contributed by atoms with Gasteiger partial charge in [-0.1, -0.05) is 11.6 Å².